The number of carbonyl (C=O) groups is 1. The van der Waals surface area contributed by atoms with Gasteiger partial charge in [0.25, 0.3) is 5.91 Å². The van der Waals surface area contributed by atoms with E-state index in [0.29, 0.717) is 11.2 Å². The van der Waals surface area contributed by atoms with Gasteiger partial charge < -0.3 is 11.1 Å². The first kappa shape index (κ1) is 13.6. The number of nitrogens with two attached hydrogens (primary N) is 1. The van der Waals surface area contributed by atoms with Crippen LogP contribution in [-0.2, 0) is 4.79 Å². The Morgan fingerprint density at radius 3 is 2.70 bits per heavy atom. The van der Waals surface area contributed by atoms with Crippen LogP contribution in [0.25, 0.3) is 0 Å². The van der Waals surface area contributed by atoms with Crippen LogP contribution in [0.4, 0.5) is 5.69 Å². The van der Waals surface area contributed by atoms with Crippen molar-refractivity contribution in [1.29, 1.82) is 0 Å². The van der Waals surface area contributed by atoms with Crippen molar-refractivity contribution in [3.05, 3.63) is 40.4 Å². The Morgan fingerprint density at radius 2 is 1.95 bits per heavy atom. The van der Waals surface area contributed by atoms with Crippen molar-refractivity contribution in [2.75, 3.05) is 5.32 Å². The van der Waals surface area contributed by atoms with Gasteiger partial charge in [0.1, 0.15) is 0 Å². The molecular formula is C16H20N2OS. The zero-order chi connectivity index (χ0) is 14.1. The van der Waals surface area contributed by atoms with Gasteiger partial charge in [0, 0.05) is 16.9 Å². The highest BCUT2D eigenvalue weighted by Gasteiger charge is 2.39. The summed E-state index contributed by atoms with van der Waals surface area (Å²) in [6.45, 7) is 2.03. The second-order valence-electron chi connectivity index (χ2n) is 5.65. The SMILES string of the molecule is Cc1ccc(NC(=O)C2=C(N)S[C@H]3CCCC[C@H]23)cc1. The Hall–Kier alpha value is -1.42. The lowest BCUT2D eigenvalue weighted by Gasteiger charge is -2.25. The third kappa shape index (κ3) is 2.57. The number of amides is 1. The molecule has 0 spiro atoms. The molecule has 1 aliphatic heterocycles. The van der Waals surface area contributed by atoms with E-state index in [1.165, 1.54) is 24.8 Å². The molecule has 3 nitrogen and oxygen atoms in total. The van der Waals surface area contributed by atoms with Crippen molar-refractivity contribution in [1.82, 2.24) is 0 Å². The molecule has 1 saturated carbocycles. The van der Waals surface area contributed by atoms with E-state index in [-0.39, 0.29) is 5.91 Å². The molecule has 0 unspecified atom stereocenters. The molecule has 0 radical (unpaired) electrons. The number of thioether (sulfide) groups is 1. The van der Waals surface area contributed by atoms with E-state index in [1.54, 1.807) is 11.8 Å². The maximum atomic E-state index is 12.5. The maximum Gasteiger partial charge on any atom is 0.254 e. The zero-order valence-corrected chi connectivity index (χ0v) is 12.5. The second kappa shape index (κ2) is 5.52. The first-order valence-corrected chi connectivity index (χ1v) is 8.07. The van der Waals surface area contributed by atoms with Crippen LogP contribution in [0.3, 0.4) is 0 Å². The quantitative estimate of drug-likeness (QED) is 0.877. The highest BCUT2D eigenvalue weighted by Crippen LogP contribution is 2.47. The van der Waals surface area contributed by atoms with Gasteiger partial charge in [0.2, 0.25) is 0 Å². The molecule has 1 fully saturated rings. The summed E-state index contributed by atoms with van der Waals surface area (Å²) in [7, 11) is 0. The Kier molecular flexibility index (Phi) is 3.74. The number of carbonyl (C=O) groups excluding carboxylic acids is 1. The minimum Gasteiger partial charge on any atom is -0.393 e. The smallest absolute Gasteiger partial charge is 0.254 e. The first-order valence-electron chi connectivity index (χ1n) is 7.19. The van der Waals surface area contributed by atoms with E-state index >= 15 is 0 Å². The van der Waals surface area contributed by atoms with Gasteiger partial charge in [-0.15, -0.1) is 11.8 Å². The molecule has 0 saturated heterocycles. The summed E-state index contributed by atoms with van der Waals surface area (Å²) in [6, 6.07) is 7.87. The van der Waals surface area contributed by atoms with Gasteiger partial charge in [-0.3, -0.25) is 4.79 Å². The van der Waals surface area contributed by atoms with Gasteiger partial charge in [-0.2, -0.15) is 0 Å². The molecule has 4 heteroatoms. The van der Waals surface area contributed by atoms with Crippen molar-refractivity contribution >= 4 is 23.4 Å². The first-order chi connectivity index (χ1) is 9.65. The van der Waals surface area contributed by atoms with Crippen LogP contribution in [0, 0.1) is 12.8 Å². The molecule has 20 heavy (non-hydrogen) atoms. The van der Waals surface area contributed by atoms with Crippen molar-refractivity contribution in [3.8, 4) is 0 Å². The third-order valence-corrected chi connectivity index (χ3v) is 5.51. The second-order valence-corrected chi connectivity index (χ2v) is 6.93. The van der Waals surface area contributed by atoms with Crippen LogP contribution < -0.4 is 11.1 Å². The van der Waals surface area contributed by atoms with Crippen molar-refractivity contribution in [2.24, 2.45) is 11.7 Å². The van der Waals surface area contributed by atoms with Gasteiger partial charge in [0.15, 0.2) is 0 Å². The van der Waals surface area contributed by atoms with Crippen LogP contribution in [-0.4, -0.2) is 11.2 Å². The highest BCUT2D eigenvalue weighted by atomic mass is 32.2. The van der Waals surface area contributed by atoms with Crippen LogP contribution in [0.1, 0.15) is 31.2 Å². The summed E-state index contributed by atoms with van der Waals surface area (Å²) in [4.78, 5) is 12.5. The van der Waals surface area contributed by atoms with E-state index in [4.69, 9.17) is 5.73 Å². The average Bonchev–Trinajstić information content (AvgIpc) is 2.77. The molecule has 106 valence electrons. The van der Waals surface area contributed by atoms with Crippen LogP contribution >= 0.6 is 11.8 Å². The molecule has 0 aromatic heterocycles. The number of rotatable bonds is 2. The number of benzene rings is 1. The Balaban J connectivity index is 1.76. The largest absolute Gasteiger partial charge is 0.393 e. The summed E-state index contributed by atoms with van der Waals surface area (Å²) < 4.78 is 0. The molecule has 3 rings (SSSR count). The van der Waals surface area contributed by atoms with Gasteiger partial charge in [0.05, 0.1) is 10.6 Å². The summed E-state index contributed by atoms with van der Waals surface area (Å²) in [5, 5.41) is 4.23. The molecule has 1 amide bonds. The minimum absolute atomic E-state index is 0.0201. The van der Waals surface area contributed by atoms with Gasteiger partial charge >= 0.3 is 0 Å². The molecule has 1 aromatic rings. The van der Waals surface area contributed by atoms with E-state index in [2.05, 4.69) is 5.32 Å². The summed E-state index contributed by atoms with van der Waals surface area (Å²) in [5.74, 6) is 0.326. The molecule has 1 aromatic carbocycles. The number of hydrogen-bond acceptors (Lipinski definition) is 3. The molecular weight excluding hydrogens is 268 g/mol. The van der Waals surface area contributed by atoms with Gasteiger partial charge in [-0.25, -0.2) is 0 Å². The summed E-state index contributed by atoms with van der Waals surface area (Å²) >= 11 is 1.70. The zero-order valence-electron chi connectivity index (χ0n) is 11.7. The highest BCUT2D eigenvalue weighted by molar-refractivity contribution is 8.03. The lowest BCUT2D eigenvalue weighted by atomic mass is 9.83. The van der Waals surface area contributed by atoms with Gasteiger partial charge in [-0.05, 0) is 31.9 Å². The van der Waals surface area contributed by atoms with E-state index in [9.17, 15) is 4.79 Å². The number of fused-ring (bicyclic) bond motifs is 1. The maximum absolute atomic E-state index is 12.5. The van der Waals surface area contributed by atoms with Crippen molar-refractivity contribution < 1.29 is 4.79 Å². The van der Waals surface area contributed by atoms with E-state index < -0.39 is 0 Å². The fourth-order valence-corrected chi connectivity index (χ4v) is 4.51. The normalized spacial score (nSPS) is 25.4. The predicted octanol–water partition coefficient (Wildman–Crippen LogP) is 3.41. The molecule has 1 heterocycles. The number of hydrogen-bond donors (Lipinski definition) is 2. The monoisotopic (exact) mass is 288 g/mol. The standard InChI is InChI=1S/C16H20N2OS/c1-10-6-8-11(9-7-10)18-16(19)14-12-4-2-3-5-13(12)20-15(14)17/h6-9,12-13H,2-5,17H2,1H3,(H,18,19)/t12-,13-/m0/s1. The minimum atomic E-state index is -0.0201. The number of nitrogens with one attached hydrogen (secondary N) is 1. The van der Waals surface area contributed by atoms with Crippen LogP contribution in [0.5, 0.6) is 0 Å². The molecule has 3 N–H and O–H groups in total. The molecule has 2 aliphatic rings. The lowest BCUT2D eigenvalue weighted by molar-refractivity contribution is -0.113. The van der Waals surface area contributed by atoms with Crippen LogP contribution in [0.2, 0.25) is 0 Å². The lowest BCUT2D eigenvalue weighted by Crippen LogP contribution is -2.26. The van der Waals surface area contributed by atoms with E-state index in [1.807, 2.05) is 31.2 Å². The predicted molar refractivity (Wildman–Crippen MR) is 84.4 cm³/mol. The molecule has 1 aliphatic carbocycles. The fourth-order valence-electron chi connectivity index (χ4n) is 3.09. The average molecular weight is 288 g/mol. The summed E-state index contributed by atoms with van der Waals surface area (Å²) in [5.41, 5.74) is 8.94. The Morgan fingerprint density at radius 1 is 1.25 bits per heavy atom. The topological polar surface area (TPSA) is 55.1 Å². The van der Waals surface area contributed by atoms with E-state index in [0.717, 1.165) is 22.7 Å². The fraction of sp³-hybridized carbons (Fsp3) is 0.438. The summed E-state index contributed by atoms with van der Waals surface area (Å²) in [6.07, 6.45) is 4.73. The molecule has 0 bridgehead atoms. The Bertz CT molecular complexity index is 550. The number of aryl methyl sites for hydroxylation is 1. The van der Waals surface area contributed by atoms with Crippen molar-refractivity contribution in [2.45, 2.75) is 37.9 Å². The van der Waals surface area contributed by atoms with Crippen LogP contribution in [0.15, 0.2) is 34.9 Å². The van der Waals surface area contributed by atoms with Crippen molar-refractivity contribution in [3.63, 3.8) is 0 Å². The third-order valence-electron chi connectivity index (χ3n) is 4.17. The molecule has 2 atom stereocenters. The Labute approximate surface area is 124 Å². The van der Waals surface area contributed by atoms with Gasteiger partial charge in [-0.1, -0.05) is 30.5 Å². The number of anilines is 1.